The van der Waals surface area contributed by atoms with E-state index in [0.29, 0.717) is 5.56 Å². The molecule has 0 aromatic heterocycles. The van der Waals surface area contributed by atoms with Crippen molar-refractivity contribution in [3.05, 3.63) is 23.3 Å². The smallest absolute Gasteiger partial charge is 0.422 e. The Bertz CT molecular complexity index is 583. The van der Waals surface area contributed by atoms with E-state index in [0.717, 1.165) is 5.56 Å². The zero-order chi connectivity index (χ0) is 14.6. The lowest BCUT2D eigenvalue weighted by molar-refractivity contribution is 0.159. The number of carbonyl (C=O) groups excluding carboxylic acids is 1. The maximum Gasteiger partial charge on any atom is 0.422 e. The molecule has 0 spiro atoms. The van der Waals surface area contributed by atoms with Crippen molar-refractivity contribution < 1.29 is 23.1 Å². The summed E-state index contributed by atoms with van der Waals surface area (Å²) in [7, 11) is -4.15. The molecular weight excluding hydrogens is 272 g/mol. The van der Waals surface area contributed by atoms with E-state index in [4.69, 9.17) is 0 Å². The minimum Gasteiger partial charge on any atom is -0.505 e. The molecule has 0 bridgehead atoms. The zero-order valence-electron chi connectivity index (χ0n) is 10.9. The fraction of sp³-hybridized carbons (Fsp3) is 0.364. The second-order valence-corrected chi connectivity index (χ2v) is 5.32. The molecular formula is C11H16N2O5S. The second kappa shape index (κ2) is 5.79. The van der Waals surface area contributed by atoms with Crippen LogP contribution in [0.15, 0.2) is 12.1 Å². The summed E-state index contributed by atoms with van der Waals surface area (Å²) in [6.07, 6.45) is -1.08. The number of rotatable bonds is 4. The summed E-state index contributed by atoms with van der Waals surface area (Å²) in [4.78, 5) is 11.1. The number of phenolic OH excluding ortho intramolecular Hbond substituents is 1. The van der Waals surface area contributed by atoms with Gasteiger partial charge in [-0.2, -0.15) is 8.42 Å². The Hall–Kier alpha value is -1.96. The molecule has 1 amide bonds. The van der Waals surface area contributed by atoms with Crippen molar-refractivity contribution in [3.8, 4) is 5.75 Å². The van der Waals surface area contributed by atoms with Crippen molar-refractivity contribution in [1.82, 2.24) is 4.72 Å². The van der Waals surface area contributed by atoms with E-state index in [2.05, 4.69) is 9.46 Å². The minimum atomic E-state index is -4.15. The minimum absolute atomic E-state index is 0.00528. The molecule has 0 atom stereocenters. The third kappa shape index (κ3) is 4.32. The number of benzene rings is 1. The second-order valence-electron chi connectivity index (χ2n) is 3.91. The predicted molar refractivity (Wildman–Crippen MR) is 70.3 cm³/mol. The first-order valence-electron chi connectivity index (χ1n) is 5.52. The Labute approximate surface area is 111 Å². The summed E-state index contributed by atoms with van der Waals surface area (Å²) in [5, 5.41) is 9.75. The average Bonchev–Trinajstić information content (AvgIpc) is 2.24. The molecule has 106 valence electrons. The highest BCUT2D eigenvalue weighted by Gasteiger charge is 2.17. The van der Waals surface area contributed by atoms with E-state index >= 15 is 0 Å². The number of anilines is 1. The van der Waals surface area contributed by atoms with Gasteiger partial charge >= 0.3 is 16.3 Å². The summed E-state index contributed by atoms with van der Waals surface area (Å²) in [5.74, 6) is -0.195. The lowest BCUT2D eigenvalue weighted by Gasteiger charge is -2.12. The number of hydrogen-bond acceptors (Lipinski definition) is 5. The van der Waals surface area contributed by atoms with Gasteiger partial charge in [0.05, 0.1) is 12.3 Å². The molecule has 0 aliphatic heterocycles. The first-order chi connectivity index (χ1) is 8.75. The molecule has 1 aromatic carbocycles. The molecule has 0 heterocycles. The van der Waals surface area contributed by atoms with E-state index in [9.17, 15) is 18.3 Å². The first kappa shape index (κ1) is 15.1. The average molecular weight is 288 g/mol. The zero-order valence-corrected chi connectivity index (χ0v) is 11.7. The SMILES string of the molecule is CCOC(=O)NS(=O)(=O)Nc1cc(C)cc(C)c1O. The number of nitrogens with one attached hydrogen (secondary N) is 2. The van der Waals surface area contributed by atoms with Crippen LogP contribution in [0.4, 0.5) is 10.5 Å². The molecule has 1 rings (SSSR count). The largest absolute Gasteiger partial charge is 0.505 e. The Balaban J connectivity index is 2.93. The molecule has 0 aliphatic rings. The van der Waals surface area contributed by atoms with Crippen LogP contribution in [0.3, 0.4) is 0 Å². The molecule has 0 aliphatic carbocycles. The summed E-state index contributed by atoms with van der Waals surface area (Å²) in [6, 6.07) is 3.15. The number of amides is 1. The summed E-state index contributed by atoms with van der Waals surface area (Å²) in [5.41, 5.74) is 1.28. The van der Waals surface area contributed by atoms with Gasteiger partial charge in [-0.1, -0.05) is 6.07 Å². The van der Waals surface area contributed by atoms with Crippen LogP contribution in [0.2, 0.25) is 0 Å². The van der Waals surface area contributed by atoms with Crippen molar-refractivity contribution >= 4 is 22.0 Å². The van der Waals surface area contributed by atoms with Gasteiger partial charge in [-0.25, -0.2) is 9.52 Å². The van der Waals surface area contributed by atoms with Gasteiger partial charge in [0, 0.05) is 0 Å². The third-order valence-electron chi connectivity index (χ3n) is 2.18. The van der Waals surface area contributed by atoms with Crippen molar-refractivity contribution in [2.75, 3.05) is 11.3 Å². The molecule has 8 heteroatoms. The molecule has 1 aromatic rings. The maximum atomic E-state index is 11.6. The number of aryl methyl sites for hydroxylation is 2. The summed E-state index contributed by atoms with van der Waals surface area (Å²) in [6.45, 7) is 4.99. The van der Waals surface area contributed by atoms with Gasteiger partial charge < -0.3 is 9.84 Å². The van der Waals surface area contributed by atoms with Gasteiger partial charge in [-0.15, -0.1) is 0 Å². The summed E-state index contributed by atoms with van der Waals surface area (Å²) >= 11 is 0. The van der Waals surface area contributed by atoms with Crippen LogP contribution >= 0.6 is 0 Å². The Morgan fingerprint density at radius 2 is 2.00 bits per heavy atom. The fourth-order valence-corrected chi connectivity index (χ4v) is 2.25. The van der Waals surface area contributed by atoms with Crippen molar-refractivity contribution in [2.24, 2.45) is 0 Å². The Morgan fingerprint density at radius 3 is 2.58 bits per heavy atom. The number of phenols is 1. The molecule has 0 radical (unpaired) electrons. The normalized spacial score (nSPS) is 10.9. The number of carbonyl (C=O) groups is 1. The number of hydrogen-bond donors (Lipinski definition) is 3. The molecule has 3 N–H and O–H groups in total. The van der Waals surface area contributed by atoms with Crippen LogP contribution in [0, 0.1) is 13.8 Å². The molecule has 19 heavy (non-hydrogen) atoms. The Kier molecular flexibility index (Phi) is 4.60. The highest BCUT2D eigenvalue weighted by molar-refractivity contribution is 7.91. The van der Waals surface area contributed by atoms with Gasteiger partial charge in [0.1, 0.15) is 5.75 Å². The van der Waals surface area contributed by atoms with Crippen LogP contribution in [0.25, 0.3) is 0 Å². The van der Waals surface area contributed by atoms with Crippen molar-refractivity contribution in [2.45, 2.75) is 20.8 Å². The topological polar surface area (TPSA) is 105 Å². The summed E-state index contributed by atoms with van der Waals surface area (Å²) < 4.78 is 31.4. The Morgan fingerprint density at radius 1 is 1.37 bits per heavy atom. The third-order valence-corrected chi connectivity index (χ3v) is 3.11. The van der Waals surface area contributed by atoms with Gasteiger partial charge in [0.2, 0.25) is 0 Å². The van der Waals surface area contributed by atoms with Gasteiger partial charge in [0.25, 0.3) is 0 Å². The molecule has 0 saturated heterocycles. The number of ether oxygens (including phenoxy) is 1. The van der Waals surface area contributed by atoms with Gasteiger partial charge in [-0.05, 0) is 38.0 Å². The van der Waals surface area contributed by atoms with E-state index in [1.165, 1.54) is 6.07 Å². The van der Waals surface area contributed by atoms with Gasteiger partial charge in [-0.3, -0.25) is 4.72 Å². The first-order valence-corrected chi connectivity index (χ1v) is 7.01. The lowest BCUT2D eigenvalue weighted by Crippen LogP contribution is -2.35. The van der Waals surface area contributed by atoms with Gasteiger partial charge in [0.15, 0.2) is 0 Å². The van der Waals surface area contributed by atoms with E-state index in [1.54, 1.807) is 31.6 Å². The fourth-order valence-electron chi connectivity index (χ4n) is 1.48. The maximum absolute atomic E-state index is 11.6. The lowest BCUT2D eigenvalue weighted by atomic mass is 10.1. The molecule has 0 fully saturated rings. The molecule has 7 nitrogen and oxygen atoms in total. The van der Waals surface area contributed by atoms with Crippen molar-refractivity contribution in [1.29, 1.82) is 0 Å². The van der Waals surface area contributed by atoms with E-state index in [1.807, 2.05) is 0 Å². The molecule has 0 saturated carbocycles. The van der Waals surface area contributed by atoms with Crippen LogP contribution in [0.5, 0.6) is 5.75 Å². The quantitative estimate of drug-likeness (QED) is 0.727. The standard InChI is InChI=1S/C11H16N2O5S/c1-4-18-11(15)13-19(16,17)12-9-6-7(2)5-8(3)10(9)14/h5-6,12,14H,4H2,1-3H3,(H,13,15). The van der Waals surface area contributed by atoms with Crippen molar-refractivity contribution in [3.63, 3.8) is 0 Å². The van der Waals surface area contributed by atoms with Crippen LogP contribution in [-0.2, 0) is 14.9 Å². The molecule has 0 unspecified atom stereocenters. The van der Waals surface area contributed by atoms with E-state index in [-0.39, 0.29) is 18.0 Å². The highest BCUT2D eigenvalue weighted by Crippen LogP contribution is 2.29. The van der Waals surface area contributed by atoms with Crippen LogP contribution in [-0.4, -0.2) is 26.2 Å². The monoisotopic (exact) mass is 288 g/mol. The van der Waals surface area contributed by atoms with E-state index < -0.39 is 16.3 Å². The van der Waals surface area contributed by atoms with Crippen LogP contribution in [0.1, 0.15) is 18.1 Å². The highest BCUT2D eigenvalue weighted by atomic mass is 32.2. The predicted octanol–water partition coefficient (Wildman–Crippen LogP) is 1.41. The number of aromatic hydroxyl groups is 1. The van der Waals surface area contributed by atoms with Crippen LogP contribution < -0.4 is 9.44 Å².